The van der Waals surface area contributed by atoms with Crippen molar-refractivity contribution in [3.8, 4) is 5.75 Å². The molecule has 1 N–H and O–H groups in total. The van der Waals surface area contributed by atoms with Crippen LogP contribution < -0.4 is 9.46 Å². The molecule has 0 aliphatic carbocycles. The maximum absolute atomic E-state index is 12.5. The molecule has 0 saturated carbocycles. The second-order valence-corrected chi connectivity index (χ2v) is 7.40. The van der Waals surface area contributed by atoms with Crippen molar-refractivity contribution in [3.05, 3.63) is 60.9 Å². The van der Waals surface area contributed by atoms with Crippen LogP contribution in [0.25, 0.3) is 10.8 Å². The van der Waals surface area contributed by atoms with Gasteiger partial charge in [-0.1, -0.05) is 25.5 Å². The van der Waals surface area contributed by atoms with Crippen molar-refractivity contribution in [3.63, 3.8) is 0 Å². The highest BCUT2D eigenvalue weighted by molar-refractivity contribution is 7.92. The molecule has 0 saturated heterocycles. The van der Waals surface area contributed by atoms with Crippen molar-refractivity contribution in [2.45, 2.75) is 24.7 Å². The molecular weight excluding hydrogens is 336 g/mol. The Labute approximate surface area is 147 Å². The van der Waals surface area contributed by atoms with Gasteiger partial charge < -0.3 is 4.74 Å². The highest BCUT2D eigenvalue weighted by Crippen LogP contribution is 2.25. The third-order valence-electron chi connectivity index (χ3n) is 3.77. The molecule has 5 nitrogen and oxygen atoms in total. The molecule has 1 aromatic heterocycles. The van der Waals surface area contributed by atoms with Gasteiger partial charge in [-0.05, 0) is 53.6 Å². The molecule has 25 heavy (non-hydrogen) atoms. The van der Waals surface area contributed by atoms with Crippen molar-refractivity contribution in [2.24, 2.45) is 0 Å². The van der Waals surface area contributed by atoms with E-state index in [9.17, 15) is 8.42 Å². The van der Waals surface area contributed by atoms with E-state index in [4.69, 9.17) is 4.74 Å². The highest BCUT2D eigenvalue weighted by Gasteiger charge is 2.15. The average Bonchev–Trinajstić information content (AvgIpc) is 2.62. The number of unbranched alkanes of at least 4 members (excludes halogenated alkanes) is 1. The maximum Gasteiger partial charge on any atom is 0.261 e. The van der Waals surface area contributed by atoms with Gasteiger partial charge >= 0.3 is 0 Å². The van der Waals surface area contributed by atoms with E-state index >= 15 is 0 Å². The Morgan fingerprint density at radius 2 is 1.88 bits per heavy atom. The Bertz CT molecular complexity index is 957. The summed E-state index contributed by atoms with van der Waals surface area (Å²) in [4.78, 5) is 4.12. The maximum atomic E-state index is 12.5. The fourth-order valence-corrected chi connectivity index (χ4v) is 3.51. The summed E-state index contributed by atoms with van der Waals surface area (Å²) in [6.45, 7) is 2.80. The molecule has 3 rings (SSSR count). The number of nitrogens with zero attached hydrogens (tertiary/aromatic N) is 1. The number of ether oxygens (including phenoxy) is 1. The number of aromatic nitrogens is 1. The molecule has 2 aromatic carbocycles. The molecule has 0 fully saturated rings. The van der Waals surface area contributed by atoms with Gasteiger partial charge in [0.15, 0.2) is 0 Å². The SMILES string of the molecule is CCCCOc1ccc2cc(S(=O)(=O)Nc3cccnc3)ccc2c1. The van der Waals surface area contributed by atoms with E-state index in [1.807, 2.05) is 18.2 Å². The lowest BCUT2D eigenvalue weighted by molar-refractivity contribution is 0.310. The molecule has 0 bridgehead atoms. The van der Waals surface area contributed by atoms with Gasteiger partial charge in [0, 0.05) is 6.20 Å². The van der Waals surface area contributed by atoms with Crippen molar-refractivity contribution < 1.29 is 13.2 Å². The minimum Gasteiger partial charge on any atom is -0.494 e. The molecular formula is C19H20N2O3S. The van der Waals surface area contributed by atoms with Crippen molar-refractivity contribution >= 4 is 26.5 Å². The van der Waals surface area contributed by atoms with Gasteiger partial charge in [0.05, 0.1) is 23.4 Å². The molecule has 0 radical (unpaired) electrons. The Hall–Kier alpha value is -2.60. The van der Waals surface area contributed by atoms with Crippen LogP contribution in [0, 0.1) is 0 Å². The van der Waals surface area contributed by atoms with E-state index in [2.05, 4.69) is 16.6 Å². The molecule has 0 spiro atoms. The molecule has 0 atom stereocenters. The normalized spacial score (nSPS) is 11.4. The number of benzene rings is 2. The molecule has 1 heterocycles. The lowest BCUT2D eigenvalue weighted by Gasteiger charge is -2.10. The Morgan fingerprint density at radius 3 is 2.64 bits per heavy atom. The molecule has 130 valence electrons. The smallest absolute Gasteiger partial charge is 0.261 e. The van der Waals surface area contributed by atoms with Crippen LogP contribution in [0.2, 0.25) is 0 Å². The van der Waals surface area contributed by atoms with Gasteiger partial charge in [0.2, 0.25) is 0 Å². The quantitative estimate of drug-likeness (QED) is 0.644. The van der Waals surface area contributed by atoms with Crippen LogP contribution in [0.15, 0.2) is 65.8 Å². The van der Waals surface area contributed by atoms with E-state index in [0.29, 0.717) is 12.3 Å². The molecule has 6 heteroatoms. The van der Waals surface area contributed by atoms with Crippen LogP contribution in [-0.4, -0.2) is 20.0 Å². The predicted octanol–water partition coefficient (Wildman–Crippen LogP) is 4.21. The van der Waals surface area contributed by atoms with Crippen LogP contribution in [0.4, 0.5) is 5.69 Å². The van der Waals surface area contributed by atoms with Crippen LogP contribution in [0.3, 0.4) is 0 Å². The summed E-state index contributed by atoms with van der Waals surface area (Å²) < 4.78 is 33.3. The first-order valence-electron chi connectivity index (χ1n) is 8.18. The molecule has 0 aliphatic rings. The first-order valence-corrected chi connectivity index (χ1v) is 9.66. The van der Waals surface area contributed by atoms with Crippen LogP contribution in [-0.2, 0) is 10.0 Å². The van der Waals surface area contributed by atoms with E-state index in [-0.39, 0.29) is 4.90 Å². The fourth-order valence-electron chi connectivity index (χ4n) is 2.43. The number of hydrogen-bond donors (Lipinski definition) is 1. The van der Waals surface area contributed by atoms with Gasteiger partial charge in [0.25, 0.3) is 10.0 Å². The summed E-state index contributed by atoms with van der Waals surface area (Å²) in [5.74, 6) is 0.796. The Kier molecular flexibility index (Phi) is 5.19. The number of sulfonamides is 1. The zero-order valence-electron chi connectivity index (χ0n) is 14.0. The summed E-state index contributed by atoms with van der Waals surface area (Å²) >= 11 is 0. The van der Waals surface area contributed by atoms with Crippen LogP contribution in [0.1, 0.15) is 19.8 Å². The summed E-state index contributed by atoms with van der Waals surface area (Å²) in [7, 11) is -3.65. The monoisotopic (exact) mass is 356 g/mol. The summed E-state index contributed by atoms with van der Waals surface area (Å²) in [6.07, 6.45) is 5.15. The second-order valence-electron chi connectivity index (χ2n) is 5.72. The number of anilines is 1. The van der Waals surface area contributed by atoms with E-state index in [1.54, 1.807) is 36.5 Å². The van der Waals surface area contributed by atoms with Gasteiger partial charge in [-0.25, -0.2) is 8.42 Å². The predicted molar refractivity (Wildman–Crippen MR) is 99.4 cm³/mol. The largest absolute Gasteiger partial charge is 0.494 e. The average molecular weight is 356 g/mol. The summed E-state index contributed by atoms with van der Waals surface area (Å²) in [5.41, 5.74) is 0.433. The lowest BCUT2D eigenvalue weighted by Crippen LogP contribution is -2.12. The zero-order valence-corrected chi connectivity index (χ0v) is 14.8. The van der Waals surface area contributed by atoms with Gasteiger partial charge in [0.1, 0.15) is 5.75 Å². The van der Waals surface area contributed by atoms with Crippen LogP contribution >= 0.6 is 0 Å². The third-order valence-corrected chi connectivity index (χ3v) is 5.15. The van der Waals surface area contributed by atoms with E-state index < -0.39 is 10.0 Å². The van der Waals surface area contributed by atoms with E-state index in [0.717, 1.165) is 29.4 Å². The van der Waals surface area contributed by atoms with Gasteiger partial charge in [-0.15, -0.1) is 0 Å². The van der Waals surface area contributed by atoms with Gasteiger partial charge in [-0.2, -0.15) is 0 Å². The van der Waals surface area contributed by atoms with Crippen molar-refractivity contribution in [2.75, 3.05) is 11.3 Å². The Balaban J connectivity index is 1.84. The zero-order chi connectivity index (χ0) is 17.7. The third kappa shape index (κ3) is 4.28. The Morgan fingerprint density at radius 1 is 1.08 bits per heavy atom. The van der Waals surface area contributed by atoms with E-state index in [1.165, 1.54) is 6.20 Å². The molecule has 3 aromatic rings. The first kappa shape index (κ1) is 17.2. The minimum atomic E-state index is -3.65. The van der Waals surface area contributed by atoms with Crippen LogP contribution in [0.5, 0.6) is 5.75 Å². The summed E-state index contributed by atoms with van der Waals surface area (Å²) in [5, 5.41) is 1.78. The van der Waals surface area contributed by atoms with Gasteiger partial charge in [-0.3, -0.25) is 9.71 Å². The molecule has 0 aliphatic heterocycles. The standard InChI is InChI=1S/C19H20N2O3S/c1-2-3-11-24-18-8-6-16-13-19(9-7-15(16)12-18)25(22,23)21-17-5-4-10-20-14-17/h4-10,12-14,21H,2-3,11H2,1H3. The molecule has 0 amide bonds. The number of nitrogens with one attached hydrogen (secondary N) is 1. The lowest BCUT2D eigenvalue weighted by atomic mass is 10.1. The molecule has 0 unspecified atom stereocenters. The second kappa shape index (κ2) is 7.53. The fraction of sp³-hybridized carbons (Fsp3) is 0.211. The van der Waals surface area contributed by atoms with Crippen molar-refractivity contribution in [1.82, 2.24) is 4.98 Å². The number of hydrogen-bond acceptors (Lipinski definition) is 4. The number of fused-ring (bicyclic) bond motifs is 1. The number of rotatable bonds is 7. The number of pyridine rings is 1. The highest BCUT2D eigenvalue weighted by atomic mass is 32.2. The van der Waals surface area contributed by atoms with Crippen molar-refractivity contribution in [1.29, 1.82) is 0 Å². The topological polar surface area (TPSA) is 68.3 Å². The summed E-state index contributed by atoms with van der Waals surface area (Å²) in [6, 6.07) is 14.0. The first-order chi connectivity index (χ1) is 12.1. The minimum absolute atomic E-state index is 0.212.